The van der Waals surface area contributed by atoms with Crippen LogP contribution in [0.2, 0.25) is 0 Å². The summed E-state index contributed by atoms with van der Waals surface area (Å²) in [6.07, 6.45) is 0. The molecule has 1 aromatic carbocycles. The second kappa shape index (κ2) is 6.02. The van der Waals surface area contributed by atoms with Crippen LogP contribution in [0.4, 0.5) is 5.69 Å². The maximum absolute atomic E-state index is 10.3. The molecule has 13 heavy (non-hydrogen) atoms. The lowest BCUT2D eigenvalue weighted by atomic mass is 10.2. The van der Waals surface area contributed by atoms with E-state index in [0.29, 0.717) is 5.69 Å². The van der Waals surface area contributed by atoms with Gasteiger partial charge in [-0.15, -0.1) is 0 Å². The molecule has 0 aliphatic carbocycles. The van der Waals surface area contributed by atoms with Gasteiger partial charge < -0.3 is 15.9 Å². The van der Waals surface area contributed by atoms with Gasteiger partial charge in [0, 0.05) is 12.3 Å². The molecular weight excluding hydrogens is 170 g/mol. The molecule has 0 saturated heterocycles. The summed E-state index contributed by atoms with van der Waals surface area (Å²) < 4.78 is 0. The lowest BCUT2D eigenvalue weighted by Crippen LogP contribution is -2.00. The van der Waals surface area contributed by atoms with Crippen molar-refractivity contribution in [2.45, 2.75) is 6.92 Å². The minimum absolute atomic E-state index is 0.155. The lowest BCUT2D eigenvalue weighted by Gasteiger charge is -1.96. The van der Waals surface area contributed by atoms with Crippen molar-refractivity contribution in [1.82, 2.24) is 0 Å². The molecule has 0 amide bonds. The monoisotopic (exact) mass is 183 g/mol. The predicted octanol–water partition coefficient (Wildman–Crippen LogP) is 0.966. The molecule has 4 N–H and O–H groups in total. The summed E-state index contributed by atoms with van der Waals surface area (Å²) in [4.78, 5) is 10.3. The molecule has 0 aromatic heterocycles. The molecule has 0 fully saturated rings. The van der Waals surface area contributed by atoms with Gasteiger partial charge in [-0.3, -0.25) is 0 Å². The highest BCUT2D eigenvalue weighted by atomic mass is 16.4. The van der Waals surface area contributed by atoms with E-state index in [1.54, 1.807) is 25.1 Å². The van der Waals surface area contributed by atoms with Gasteiger partial charge in [0.25, 0.3) is 0 Å². The number of carbonyl (C=O) groups is 1. The number of aromatic carboxylic acids is 1. The van der Waals surface area contributed by atoms with Gasteiger partial charge in [-0.05, 0) is 19.1 Å². The third-order valence-corrected chi connectivity index (χ3v) is 1.19. The number of aliphatic hydroxyl groups is 1. The molecule has 0 aliphatic heterocycles. The summed E-state index contributed by atoms with van der Waals surface area (Å²) in [6.45, 7) is 1.93. The zero-order valence-corrected chi connectivity index (χ0v) is 7.40. The van der Waals surface area contributed by atoms with E-state index < -0.39 is 5.97 Å². The molecule has 1 aromatic rings. The first-order chi connectivity index (χ1) is 6.13. The number of nitrogens with two attached hydrogens (primary N) is 1. The average molecular weight is 183 g/mol. The maximum Gasteiger partial charge on any atom is 0.337 e. The molecule has 0 radical (unpaired) electrons. The quantitative estimate of drug-likeness (QED) is 0.566. The average Bonchev–Trinajstić information content (AvgIpc) is 2.06. The lowest BCUT2D eigenvalue weighted by molar-refractivity contribution is 0.0698. The van der Waals surface area contributed by atoms with E-state index >= 15 is 0 Å². The third-order valence-electron chi connectivity index (χ3n) is 1.19. The fraction of sp³-hybridized carbons (Fsp3) is 0.222. The Kier molecular flexibility index (Phi) is 5.30. The molecule has 4 nitrogen and oxygen atoms in total. The third kappa shape index (κ3) is 4.12. The van der Waals surface area contributed by atoms with Crippen LogP contribution in [-0.4, -0.2) is 22.8 Å². The van der Waals surface area contributed by atoms with Crippen LogP contribution in [0, 0.1) is 0 Å². The van der Waals surface area contributed by atoms with Gasteiger partial charge in [0.15, 0.2) is 0 Å². The number of carboxylic acids is 1. The number of hydrogen-bond acceptors (Lipinski definition) is 3. The van der Waals surface area contributed by atoms with Crippen LogP contribution < -0.4 is 5.73 Å². The minimum Gasteiger partial charge on any atom is -0.478 e. The topological polar surface area (TPSA) is 83.5 Å². The Hall–Kier alpha value is -1.55. The molecule has 0 atom stereocenters. The van der Waals surface area contributed by atoms with Crippen molar-refractivity contribution in [2.24, 2.45) is 0 Å². The van der Waals surface area contributed by atoms with Gasteiger partial charge in [0.2, 0.25) is 0 Å². The van der Waals surface area contributed by atoms with E-state index in [-0.39, 0.29) is 12.2 Å². The fourth-order valence-electron chi connectivity index (χ4n) is 0.692. The van der Waals surface area contributed by atoms with E-state index in [2.05, 4.69) is 0 Å². The van der Waals surface area contributed by atoms with Crippen molar-refractivity contribution in [3.05, 3.63) is 29.8 Å². The SMILES string of the molecule is CCO.Nc1ccccc1C(=O)O. The number of anilines is 1. The summed E-state index contributed by atoms with van der Waals surface area (Å²) in [7, 11) is 0. The van der Waals surface area contributed by atoms with Crippen LogP contribution in [0.3, 0.4) is 0 Å². The molecule has 0 heterocycles. The Bertz CT molecular complexity index is 273. The number of para-hydroxylation sites is 1. The van der Waals surface area contributed by atoms with Gasteiger partial charge in [0.1, 0.15) is 0 Å². The van der Waals surface area contributed by atoms with Crippen LogP contribution in [0.25, 0.3) is 0 Å². The maximum atomic E-state index is 10.3. The van der Waals surface area contributed by atoms with Gasteiger partial charge >= 0.3 is 5.97 Å². The standard InChI is InChI=1S/C7H7NO2.C2H6O/c8-6-4-2-1-3-5(6)7(9)10;1-2-3/h1-4H,8H2,(H,9,10);3H,2H2,1H3. The Morgan fingerprint density at radius 3 is 2.23 bits per heavy atom. The van der Waals surface area contributed by atoms with E-state index in [4.69, 9.17) is 15.9 Å². The van der Waals surface area contributed by atoms with E-state index in [0.717, 1.165) is 0 Å². The largest absolute Gasteiger partial charge is 0.478 e. The van der Waals surface area contributed by atoms with Crippen LogP contribution in [0.15, 0.2) is 24.3 Å². The number of hydrogen-bond donors (Lipinski definition) is 3. The summed E-state index contributed by atoms with van der Waals surface area (Å²) in [5, 5.41) is 16.1. The molecule has 72 valence electrons. The molecular formula is C9H13NO3. The second-order valence-corrected chi connectivity index (χ2v) is 2.21. The van der Waals surface area contributed by atoms with Crippen LogP contribution in [0.1, 0.15) is 17.3 Å². The normalized spacial score (nSPS) is 8.46. The number of carboxylic acid groups (broad SMARTS) is 1. The number of rotatable bonds is 1. The van der Waals surface area contributed by atoms with Crippen LogP contribution >= 0.6 is 0 Å². The van der Waals surface area contributed by atoms with Crippen molar-refractivity contribution in [3.8, 4) is 0 Å². The first kappa shape index (κ1) is 11.4. The number of nitrogen functional groups attached to an aromatic ring is 1. The van der Waals surface area contributed by atoms with Gasteiger partial charge in [-0.2, -0.15) is 0 Å². The molecule has 0 bridgehead atoms. The van der Waals surface area contributed by atoms with E-state index in [1.807, 2.05) is 0 Å². The summed E-state index contributed by atoms with van der Waals surface area (Å²) in [6, 6.07) is 6.36. The van der Waals surface area contributed by atoms with Gasteiger partial charge in [-0.25, -0.2) is 4.79 Å². The Morgan fingerprint density at radius 2 is 1.92 bits per heavy atom. The summed E-state index contributed by atoms with van der Waals surface area (Å²) >= 11 is 0. The van der Waals surface area contributed by atoms with E-state index in [1.165, 1.54) is 6.07 Å². The zero-order valence-electron chi connectivity index (χ0n) is 7.40. The Morgan fingerprint density at radius 1 is 1.46 bits per heavy atom. The summed E-state index contributed by atoms with van der Waals surface area (Å²) in [5.41, 5.74) is 5.80. The fourth-order valence-corrected chi connectivity index (χ4v) is 0.692. The molecule has 1 rings (SSSR count). The molecule has 0 spiro atoms. The molecule has 4 heteroatoms. The molecule has 0 saturated carbocycles. The van der Waals surface area contributed by atoms with E-state index in [9.17, 15) is 4.79 Å². The van der Waals surface area contributed by atoms with Crippen molar-refractivity contribution >= 4 is 11.7 Å². The minimum atomic E-state index is -0.988. The van der Waals surface area contributed by atoms with Crippen LogP contribution in [-0.2, 0) is 0 Å². The highest BCUT2D eigenvalue weighted by molar-refractivity contribution is 5.93. The zero-order chi connectivity index (χ0) is 10.3. The van der Waals surface area contributed by atoms with Crippen molar-refractivity contribution < 1.29 is 15.0 Å². The van der Waals surface area contributed by atoms with Crippen molar-refractivity contribution in [1.29, 1.82) is 0 Å². The van der Waals surface area contributed by atoms with Crippen molar-refractivity contribution in [2.75, 3.05) is 12.3 Å². The highest BCUT2D eigenvalue weighted by Crippen LogP contribution is 2.08. The first-order valence-electron chi connectivity index (χ1n) is 3.82. The summed E-state index contributed by atoms with van der Waals surface area (Å²) in [5.74, 6) is -0.988. The number of aliphatic hydroxyl groups excluding tert-OH is 1. The smallest absolute Gasteiger partial charge is 0.337 e. The molecule has 0 aliphatic rings. The second-order valence-electron chi connectivity index (χ2n) is 2.21. The number of benzene rings is 1. The highest BCUT2D eigenvalue weighted by Gasteiger charge is 2.03. The van der Waals surface area contributed by atoms with Gasteiger partial charge in [0.05, 0.1) is 5.56 Å². The first-order valence-corrected chi connectivity index (χ1v) is 3.82. The van der Waals surface area contributed by atoms with Crippen molar-refractivity contribution in [3.63, 3.8) is 0 Å². The Balaban J connectivity index is 0.000000424. The van der Waals surface area contributed by atoms with Crippen LogP contribution in [0.5, 0.6) is 0 Å². The Labute approximate surface area is 76.6 Å². The predicted molar refractivity (Wildman–Crippen MR) is 50.6 cm³/mol. The molecule has 0 unspecified atom stereocenters. The van der Waals surface area contributed by atoms with Gasteiger partial charge in [-0.1, -0.05) is 12.1 Å².